The molecular formula is C6H20O3Si. The van der Waals surface area contributed by atoms with Gasteiger partial charge in [-0.05, 0) is 13.1 Å². The summed E-state index contributed by atoms with van der Waals surface area (Å²) in [4.78, 5) is 3.25. The summed E-state index contributed by atoms with van der Waals surface area (Å²) in [7, 11) is 2.29. The average Bonchev–Trinajstić information content (AvgIpc) is 1.94. The van der Waals surface area contributed by atoms with E-state index in [0.717, 1.165) is 0 Å². The van der Waals surface area contributed by atoms with E-state index in [0.29, 0.717) is 0 Å². The molecule has 4 heteroatoms. The molecule has 0 radical (unpaired) electrons. The Morgan fingerprint density at radius 2 is 1.20 bits per heavy atom. The minimum atomic E-state index is -0.650. The Kier molecular flexibility index (Phi) is 38.1. The monoisotopic (exact) mass is 168 g/mol. The van der Waals surface area contributed by atoms with Gasteiger partial charge in [-0.25, -0.2) is 4.89 Å². The lowest BCUT2D eigenvalue weighted by Crippen LogP contribution is -2.00. The van der Waals surface area contributed by atoms with E-state index >= 15 is 0 Å². The molecule has 66 valence electrons. The van der Waals surface area contributed by atoms with Gasteiger partial charge in [-0.15, -0.1) is 0 Å². The third kappa shape index (κ3) is 92.7. The minimum absolute atomic E-state index is 0.650. The van der Waals surface area contributed by atoms with Crippen LogP contribution in [-0.4, -0.2) is 28.5 Å². The van der Waals surface area contributed by atoms with Gasteiger partial charge in [0.25, 0.3) is 0 Å². The molecule has 0 aliphatic heterocycles. The largest absolute Gasteiger partial charge is 0.424 e. The van der Waals surface area contributed by atoms with Gasteiger partial charge in [0.15, 0.2) is 9.04 Å². The lowest BCUT2D eigenvalue weighted by Gasteiger charge is -1.92. The molecule has 0 unspecified atom stereocenters. The highest BCUT2D eigenvalue weighted by molar-refractivity contribution is 6.48. The molecule has 0 rings (SSSR count). The van der Waals surface area contributed by atoms with E-state index in [1.54, 1.807) is 7.11 Å². The molecule has 0 saturated heterocycles. The fraction of sp³-hybridized carbons (Fsp3) is 1.00. The quantitative estimate of drug-likeness (QED) is 0.368. The van der Waals surface area contributed by atoms with Crippen molar-refractivity contribution in [2.45, 2.75) is 26.9 Å². The van der Waals surface area contributed by atoms with E-state index in [1.165, 1.54) is 7.11 Å². The maximum atomic E-state index is 7.07. The third-order valence-corrected chi connectivity index (χ3v) is 1.41. The Labute approximate surface area is 65.6 Å². The molecule has 10 heavy (non-hydrogen) atoms. The molecule has 0 atom stereocenters. The number of hydrogen-bond acceptors (Lipinski definition) is 3. The average molecular weight is 168 g/mol. The second kappa shape index (κ2) is 23.0. The first-order valence-corrected chi connectivity index (χ1v) is 6.17. The molecule has 0 aromatic rings. The summed E-state index contributed by atoms with van der Waals surface area (Å²) in [6.07, 6.45) is 0. The summed E-state index contributed by atoms with van der Waals surface area (Å²) >= 11 is 0. The van der Waals surface area contributed by atoms with Gasteiger partial charge < -0.3 is 4.43 Å². The molecule has 0 bridgehead atoms. The van der Waals surface area contributed by atoms with Crippen LogP contribution >= 0.6 is 0 Å². The number of hydrogen-bond donors (Lipinski definition) is 1. The highest BCUT2D eigenvalue weighted by Crippen LogP contribution is 1.73. The van der Waals surface area contributed by atoms with Crippen molar-refractivity contribution in [3.05, 3.63) is 0 Å². The zero-order valence-electron chi connectivity index (χ0n) is 7.84. The molecule has 0 aliphatic carbocycles. The van der Waals surface area contributed by atoms with Crippen LogP contribution in [0.1, 0.15) is 13.8 Å². The van der Waals surface area contributed by atoms with Crippen molar-refractivity contribution in [2.75, 3.05) is 14.2 Å². The van der Waals surface area contributed by atoms with Gasteiger partial charge in [0.05, 0.1) is 7.11 Å². The Morgan fingerprint density at radius 1 is 1.10 bits per heavy atom. The molecule has 0 heterocycles. The van der Waals surface area contributed by atoms with Gasteiger partial charge in [-0.3, -0.25) is 5.26 Å². The lowest BCUT2D eigenvalue weighted by atomic mass is 11.0. The van der Waals surface area contributed by atoms with Gasteiger partial charge in [0.2, 0.25) is 0 Å². The Bertz CT molecular complexity index is 34.2. The van der Waals surface area contributed by atoms with Crippen molar-refractivity contribution in [3.63, 3.8) is 0 Å². The zero-order chi connectivity index (χ0) is 8.99. The summed E-state index contributed by atoms with van der Waals surface area (Å²) in [6, 6.07) is 0. The van der Waals surface area contributed by atoms with Crippen LogP contribution in [0.4, 0.5) is 0 Å². The second-order valence-electron chi connectivity index (χ2n) is 1.47. The SMILES string of the molecule is CC.COO.CO[SiH](C)C. The predicted octanol–water partition coefficient (Wildman–Crippen LogP) is 1.75. The first-order valence-electron chi connectivity index (χ1n) is 3.39. The van der Waals surface area contributed by atoms with Crippen LogP contribution in [0, 0.1) is 0 Å². The summed E-state index contributed by atoms with van der Waals surface area (Å²) in [5.74, 6) is 0. The van der Waals surface area contributed by atoms with Gasteiger partial charge in [-0.1, -0.05) is 13.8 Å². The van der Waals surface area contributed by atoms with Crippen LogP contribution in [-0.2, 0) is 9.31 Å². The lowest BCUT2D eigenvalue weighted by molar-refractivity contribution is -0.214. The predicted molar refractivity (Wildman–Crippen MR) is 46.9 cm³/mol. The van der Waals surface area contributed by atoms with Crippen LogP contribution < -0.4 is 0 Å². The number of rotatable bonds is 1. The van der Waals surface area contributed by atoms with Crippen LogP contribution in [0.15, 0.2) is 0 Å². The Morgan fingerprint density at radius 3 is 1.20 bits per heavy atom. The Balaban J connectivity index is -0.0000000847. The van der Waals surface area contributed by atoms with Crippen molar-refractivity contribution in [3.8, 4) is 0 Å². The molecule has 0 spiro atoms. The zero-order valence-corrected chi connectivity index (χ0v) is 9.00. The summed E-state index contributed by atoms with van der Waals surface area (Å²) in [5, 5.41) is 7.07. The van der Waals surface area contributed by atoms with Gasteiger partial charge in [0, 0.05) is 7.11 Å². The van der Waals surface area contributed by atoms with Crippen molar-refractivity contribution in [1.29, 1.82) is 0 Å². The molecule has 0 fully saturated rings. The van der Waals surface area contributed by atoms with Crippen LogP contribution in [0.2, 0.25) is 13.1 Å². The van der Waals surface area contributed by atoms with Crippen molar-refractivity contribution in [2.24, 2.45) is 0 Å². The maximum Gasteiger partial charge on any atom is 0.170 e. The molecular weight excluding hydrogens is 148 g/mol. The second-order valence-corrected chi connectivity index (χ2v) is 4.04. The molecule has 0 saturated carbocycles. The summed E-state index contributed by atoms with van der Waals surface area (Å²) in [5.41, 5.74) is 0. The van der Waals surface area contributed by atoms with Crippen molar-refractivity contribution >= 4 is 9.04 Å². The normalized spacial score (nSPS) is 7.20. The molecule has 1 N–H and O–H groups in total. The van der Waals surface area contributed by atoms with Crippen molar-refractivity contribution < 1.29 is 14.6 Å². The standard InChI is InChI=1S/C3H10OSi.C2H6.CH4O2/c1-4-5(2)3;1-2;1-3-2/h5H,1-3H3;1-2H3;2H,1H3. The van der Waals surface area contributed by atoms with Crippen molar-refractivity contribution in [1.82, 2.24) is 0 Å². The summed E-state index contributed by atoms with van der Waals surface area (Å²) < 4.78 is 4.89. The van der Waals surface area contributed by atoms with E-state index in [9.17, 15) is 0 Å². The highest BCUT2D eigenvalue weighted by Gasteiger charge is 1.83. The van der Waals surface area contributed by atoms with Gasteiger partial charge in [-0.2, -0.15) is 0 Å². The molecule has 0 aromatic carbocycles. The van der Waals surface area contributed by atoms with Gasteiger partial charge in [0.1, 0.15) is 0 Å². The fourth-order valence-corrected chi connectivity index (χ4v) is 0. The maximum absolute atomic E-state index is 7.07. The molecule has 0 amide bonds. The van der Waals surface area contributed by atoms with Crippen LogP contribution in [0.25, 0.3) is 0 Å². The first kappa shape index (κ1) is 16.6. The topological polar surface area (TPSA) is 38.7 Å². The minimum Gasteiger partial charge on any atom is -0.424 e. The van der Waals surface area contributed by atoms with Crippen LogP contribution in [0.3, 0.4) is 0 Å². The van der Waals surface area contributed by atoms with E-state index in [-0.39, 0.29) is 0 Å². The van der Waals surface area contributed by atoms with E-state index in [4.69, 9.17) is 9.68 Å². The first-order chi connectivity index (χ1) is 4.68. The molecule has 0 aliphatic rings. The Hall–Kier alpha value is 0.0969. The van der Waals surface area contributed by atoms with E-state index < -0.39 is 9.04 Å². The molecule has 0 aromatic heterocycles. The fourth-order valence-electron chi connectivity index (χ4n) is 0. The third-order valence-electron chi connectivity index (χ3n) is 0.471. The summed E-state index contributed by atoms with van der Waals surface area (Å²) in [6.45, 7) is 8.28. The molecule has 3 nitrogen and oxygen atoms in total. The van der Waals surface area contributed by atoms with E-state index in [2.05, 4.69) is 18.0 Å². The highest BCUT2D eigenvalue weighted by atomic mass is 28.3. The van der Waals surface area contributed by atoms with Gasteiger partial charge >= 0.3 is 0 Å². The van der Waals surface area contributed by atoms with Crippen LogP contribution in [0.5, 0.6) is 0 Å². The smallest absolute Gasteiger partial charge is 0.170 e. The van der Waals surface area contributed by atoms with E-state index in [1.807, 2.05) is 13.8 Å².